The van der Waals surface area contributed by atoms with Crippen LogP contribution in [0.2, 0.25) is 10.0 Å². The molecule has 0 bridgehead atoms. The second-order valence-electron chi connectivity index (χ2n) is 5.67. The second-order valence-corrected chi connectivity index (χ2v) is 6.52. The average molecular weight is 332 g/mol. The van der Waals surface area contributed by atoms with Crippen LogP contribution < -0.4 is 4.90 Å². The molecule has 2 heterocycles. The van der Waals surface area contributed by atoms with Crippen molar-refractivity contribution in [1.29, 1.82) is 0 Å². The lowest BCUT2D eigenvalue weighted by atomic mass is 9.89. The van der Waals surface area contributed by atoms with Gasteiger partial charge >= 0.3 is 0 Å². The molecule has 0 aliphatic carbocycles. The van der Waals surface area contributed by atoms with Crippen LogP contribution >= 0.6 is 23.2 Å². The lowest BCUT2D eigenvalue weighted by Gasteiger charge is -2.40. The van der Waals surface area contributed by atoms with Crippen molar-refractivity contribution in [3.63, 3.8) is 0 Å². The van der Waals surface area contributed by atoms with Gasteiger partial charge in [-0.05, 0) is 18.9 Å². The van der Waals surface area contributed by atoms with Crippen LogP contribution in [0.25, 0.3) is 0 Å². The topological polar surface area (TPSA) is 56.7 Å². The minimum absolute atomic E-state index is 0.0884. The highest BCUT2D eigenvalue weighted by Gasteiger charge is 2.36. The molecule has 2 rings (SSSR count). The summed E-state index contributed by atoms with van der Waals surface area (Å²) >= 11 is 12.0. The molecule has 21 heavy (non-hydrogen) atoms. The Morgan fingerprint density at radius 2 is 2.24 bits per heavy atom. The van der Waals surface area contributed by atoms with Crippen molar-refractivity contribution in [2.45, 2.75) is 24.9 Å². The Labute approximate surface area is 134 Å². The predicted octanol–water partition coefficient (Wildman–Crippen LogP) is 2.20. The number of pyridine rings is 1. The number of β-amino-alcohol motifs (C(OH)–C–C–N with tert-alkyl or cyclic N) is 1. The Kier molecular flexibility index (Phi) is 4.96. The molecular weight excluding hydrogens is 313 g/mol. The zero-order chi connectivity index (χ0) is 15.6. The largest absolute Gasteiger partial charge is 0.388 e. The van der Waals surface area contributed by atoms with E-state index in [9.17, 15) is 9.90 Å². The molecule has 0 saturated carbocycles. The number of nitrogens with zero attached hydrogens (tertiary/aromatic N) is 3. The third kappa shape index (κ3) is 3.99. The van der Waals surface area contributed by atoms with Gasteiger partial charge in [-0.3, -0.25) is 4.79 Å². The summed E-state index contributed by atoms with van der Waals surface area (Å²) in [6.07, 6.45) is 3.00. The van der Waals surface area contributed by atoms with Crippen molar-refractivity contribution in [1.82, 2.24) is 9.88 Å². The number of aromatic nitrogens is 1. The fourth-order valence-electron chi connectivity index (χ4n) is 2.52. The number of anilines is 1. The summed E-state index contributed by atoms with van der Waals surface area (Å²) in [6, 6.07) is 1.63. The van der Waals surface area contributed by atoms with Gasteiger partial charge in [0.2, 0.25) is 5.91 Å². The van der Waals surface area contributed by atoms with Gasteiger partial charge in [0.25, 0.3) is 0 Å². The summed E-state index contributed by atoms with van der Waals surface area (Å²) in [5, 5.41) is 11.6. The minimum Gasteiger partial charge on any atom is -0.388 e. The summed E-state index contributed by atoms with van der Waals surface area (Å²) in [5.41, 5.74) is -1.05. The second kappa shape index (κ2) is 6.38. The van der Waals surface area contributed by atoms with Gasteiger partial charge in [-0.15, -0.1) is 0 Å². The molecule has 1 unspecified atom stereocenters. The van der Waals surface area contributed by atoms with Crippen molar-refractivity contribution >= 4 is 34.9 Å². The Bertz CT molecular complexity index is 539. The van der Waals surface area contributed by atoms with Crippen LogP contribution in [-0.4, -0.2) is 53.7 Å². The Balaban J connectivity index is 2.14. The number of hydrogen-bond donors (Lipinski definition) is 1. The molecule has 1 aliphatic heterocycles. The van der Waals surface area contributed by atoms with Gasteiger partial charge in [0.05, 0.1) is 22.1 Å². The van der Waals surface area contributed by atoms with Gasteiger partial charge in [0.1, 0.15) is 5.82 Å². The summed E-state index contributed by atoms with van der Waals surface area (Å²) in [4.78, 5) is 19.5. The van der Waals surface area contributed by atoms with E-state index >= 15 is 0 Å². The summed E-state index contributed by atoms with van der Waals surface area (Å²) in [5.74, 6) is 0.506. The first-order valence-electron chi connectivity index (χ1n) is 6.79. The summed E-state index contributed by atoms with van der Waals surface area (Å²) in [7, 11) is 3.37. The van der Waals surface area contributed by atoms with Gasteiger partial charge in [0, 0.05) is 33.4 Å². The molecule has 7 heteroatoms. The lowest BCUT2D eigenvalue weighted by molar-refractivity contribution is -0.134. The number of amides is 1. The Morgan fingerprint density at radius 1 is 1.52 bits per heavy atom. The molecule has 1 saturated heterocycles. The van der Waals surface area contributed by atoms with E-state index in [-0.39, 0.29) is 12.3 Å². The average Bonchev–Trinajstić information content (AvgIpc) is 2.37. The van der Waals surface area contributed by atoms with Crippen LogP contribution in [0.1, 0.15) is 19.3 Å². The molecule has 116 valence electrons. The van der Waals surface area contributed by atoms with Crippen molar-refractivity contribution in [3.05, 3.63) is 22.3 Å². The summed E-state index contributed by atoms with van der Waals surface area (Å²) < 4.78 is 0. The maximum absolute atomic E-state index is 11.9. The van der Waals surface area contributed by atoms with Gasteiger partial charge < -0.3 is 14.9 Å². The minimum atomic E-state index is -1.05. The Morgan fingerprint density at radius 3 is 2.86 bits per heavy atom. The van der Waals surface area contributed by atoms with E-state index in [2.05, 4.69) is 4.98 Å². The van der Waals surface area contributed by atoms with E-state index in [0.29, 0.717) is 28.8 Å². The number of carbonyl (C=O) groups excluding carboxylic acids is 1. The molecule has 5 nitrogen and oxygen atoms in total. The highest BCUT2D eigenvalue weighted by atomic mass is 35.5. The third-order valence-electron chi connectivity index (χ3n) is 3.62. The summed E-state index contributed by atoms with van der Waals surface area (Å²) in [6.45, 7) is 1.08. The van der Waals surface area contributed by atoms with E-state index in [4.69, 9.17) is 23.2 Å². The molecule has 1 aliphatic rings. The van der Waals surface area contributed by atoms with Crippen molar-refractivity contribution in [2.24, 2.45) is 0 Å². The Hall–Kier alpha value is -1.04. The number of rotatable bonds is 3. The van der Waals surface area contributed by atoms with Crippen molar-refractivity contribution in [3.8, 4) is 0 Å². The number of carbonyl (C=O) groups is 1. The number of hydrogen-bond acceptors (Lipinski definition) is 4. The van der Waals surface area contributed by atoms with Crippen molar-refractivity contribution < 1.29 is 9.90 Å². The third-order valence-corrected chi connectivity index (χ3v) is 4.11. The van der Waals surface area contributed by atoms with Crippen LogP contribution in [0.3, 0.4) is 0 Å². The zero-order valence-electron chi connectivity index (χ0n) is 12.1. The van der Waals surface area contributed by atoms with E-state index in [1.54, 1.807) is 20.2 Å². The molecule has 1 aromatic heterocycles. The molecule has 0 radical (unpaired) electrons. The first-order valence-corrected chi connectivity index (χ1v) is 7.55. The van der Waals surface area contributed by atoms with Gasteiger partial charge in [-0.1, -0.05) is 23.2 Å². The number of aliphatic hydroxyl groups is 1. The van der Waals surface area contributed by atoms with Crippen LogP contribution in [-0.2, 0) is 4.79 Å². The maximum atomic E-state index is 11.9. The van der Waals surface area contributed by atoms with Crippen molar-refractivity contribution in [2.75, 3.05) is 32.1 Å². The number of halogens is 2. The molecule has 1 amide bonds. The smallest absolute Gasteiger partial charge is 0.225 e. The first-order chi connectivity index (χ1) is 9.81. The fraction of sp³-hybridized carbons (Fsp3) is 0.571. The van der Waals surface area contributed by atoms with E-state index in [1.165, 1.54) is 11.1 Å². The quantitative estimate of drug-likeness (QED) is 0.922. The van der Waals surface area contributed by atoms with Gasteiger partial charge in [-0.2, -0.15) is 0 Å². The van der Waals surface area contributed by atoms with Crippen LogP contribution in [0.15, 0.2) is 12.3 Å². The SMILES string of the molecule is CN(C)C(=O)CC1(O)CCCN(c2ncc(Cl)cc2Cl)C1. The molecule has 1 aromatic rings. The molecule has 0 aromatic carbocycles. The highest BCUT2D eigenvalue weighted by Crippen LogP contribution is 2.32. The van der Waals surface area contributed by atoms with E-state index in [1.807, 2.05) is 4.90 Å². The fourth-order valence-corrected chi connectivity index (χ4v) is 3.02. The lowest BCUT2D eigenvalue weighted by Crippen LogP contribution is -2.50. The molecule has 0 spiro atoms. The standard InChI is InChI=1S/C14H19Cl2N3O2/c1-18(2)12(20)7-14(21)4-3-5-19(9-14)13-11(16)6-10(15)8-17-13/h6,8,21H,3-5,7,9H2,1-2H3. The number of piperidine rings is 1. The molecule has 1 atom stereocenters. The highest BCUT2D eigenvalue weighted by molar-refractivity contribution is 6.36. The van der Waals surface area contributed by atoms with Gasteiger partial charge in [0.15, 0.2) is 0 Å². The van der Waals surface area contributed by atoms with Crippen LogP contribution in [0.5, 0.6) is 0 Å². The maximum Gasteiger partial charge on any atom is 0.225 e. The molecular formula is C14H19Cl2N3O2. The molecule has 1 N–H and O–H groups in total. The predicted molar refractivity (Wildman–Crippen MR) is 84.0 cm³/mol. The monoisotopic (exact) mass is 331 g/mol. The normalized spacial score (nSPS) is 22.2. The van der Waals surface area contributed by atoms with Crippen LogP contribution in [0, 0.1) is 0 Å². The zero-order valence-corrected chi connectivity index (χ0v) is 13.7. The van der Waals surface area contributed by atoms with E-state index in [0.717, 1.165) is 13.0 Å². The van der Waals surface area contributed by atoms with Crippen LogP contribution in [0.4, 0.5) is 5.82 Å². The van der Waals surface area contributed by atoms with E-state index < -0.39 is 5.60 Å². The van der Waals surface area contributed by atoms with Gasteiger partial charge in [-0.25, -0.2) is 4.98 Å². The molecule has 1 fully saturated rings. The first kappa shape index (κ1) is 16.3.